The first kappa shape index (κ1) is 23.6. The third kappa shape index (κ3) is 5.00. The van der Waals surface area contributed by atoms with Crippen LogP contribution in [0.3, 0.4) is 0 Å². The molecule has 4 rings (SSSR count). The van der Waals surface area contributed by atoms with Crippen LogP contribution in [0.5, 0.6) is 0 Å². The lowest BCUT2D eigenvalue weighted by Gasteiger charge is -2.21. The molecule has 0 bridgehead atoms. The first-order chi connectivity index (χ1) is 16.2. The summed E-state index contributed by atoms with van der Waals surface area (Å²) < 4.78 is 43.9. The predicted molar refractivity (Wildman–Crippen MR) is 115 cm³/mol. The molecule has 0 spiro atoms. The number of benzene rings is 2. The molecule has 10 heteroatoms. The molecule has 0 saturated heterocycles. The summed E-state index contributed by atoms with van der Waals surface area (Å²) in [7, 11) is 0. The molecule has 1 saturated carbocycles. The van der Waals surface area contributed by atoms with Crippen LogP contribution in [0.1, 0.15) is 29.9 Å². The Balaban J connectivity index is 1.37. The fraction of sp³-hybridized carbons (Fsp3) is 0.375. The Hall–Kier alpha value is -3.56. The number of ether oxygens (including phenoxy) is 1. The molecule has 2 aliphatic carbocycles. The average Bonchev–Trinajstić information content (AvgIpc) is 3.57. The molecule has 180 valence electrons. The molecule has 2 aromatic rings. The van der Waals surface area contributed by atoms with Gasteiger partial charge < -0.3 is 20.5 Å². The number of nitrogens with one attached hydrogen (secondary N) is 2. The first-order valence-corrected chi connectivity index (χ1v) is 10.9. The Morgan fingerprint density at radius 2 is 1.56 bits per heavy atom. The van der Waals surface area contributed by atoms with E-state index in [0.29, 0.717) is 12.8 Å². The van der Waals surface area contributed by atoms with Gasteiger partial charge in [-0.25, -0.2) is 4.79 Å². The topological polar surface area (TPSA) is 105 Å². The van der Waals surface area contributed by atoms with Gasteiger partial charge in [-0.3, -0.25) is 9.59 Å². The molecule has 1 fully saturated rings. The molecule has 2 unspecified atom stereocenters. The summed E-state index contributed by atoms with van der Waals surface area (Å²) >= 11 is 0. The van der Waals surface area contributed by atoms with Crippen LogP contribution < -0.4 is 10.6 Å². The summed E-state index contributed by atoms with van der Waals surface area (Å²) in [6.45, 7) is -1.10. The molecule has 0 radical (unpaired) electrons. The highest BCUT2D eigenvalue weighted by atomic mass is 19.4. The Bertz CT molecular complexity index is 1050. The van der Waals surface area contributed by atoms with E-state index in [1.807, 2.05) is 53.8 Å². The van der Waals surface area contributed by atoms with Gasteiger partial charge in [-0.15, -0.1) is 0 Å². The van der Waals surface area contributed by atoms with Crippen molar-refractivity contribution in [1.82, 2.24) is 10.6 Å². The molecule has 2 amide bonds. The van der Waals surface area contributed by atoms with E-state index in [1.54, 1.807) is 0 Å². The van der Waals surface area contributed by atoms with Crippen molar-refractivity contribution < 1.29 is 37.4 Å². The number of hydrogen-bond donors (Lipinski definition) is 3. The van der Waals surface area contributed by atoms with E-state index in [2.05, 4.69) is 5.32 Å². The Morgan fingerprint density at radius 3 is 2.06 bits per heavy atom. The minimum absolute atomic E-state index is 0.0219. The van der Waals surface area contributed by atoms with Gasteiger partial charge in [0.1, 0.15) is 12.6 Å². The normalized spacial score (nSPS) is 16.7. The van der Waals surface area contributed by atoms with Gasteiger partial charge in [-0.2, -0.15) is 13.2 Å². The number of aliphatic carboxylic acids is 1. The largest absolute Gasteiger partial charge is 0.481 e. The molecule has 3 N–H and O–H groups in total. The minimum atomic E-state index is -5.01. The van der Waals surface area contributed by atoms with Crippen LogP contribution in [0.2, 0.25) is 0 Å². The lowest BCUT2D eigenvalue weighted by Crippen LogP contribution is -2.51. The number of carbonyl (C=O) groups excluding carboxylic acids is 2. The SMILES string of the molecule is O=C(NC(C(=O)NCC(C(=O)O)C(F)(F)F)C1CC1)OCC1c2ccccc2-c2ccccc21. The average molecular weight is 476 g/mol. The Morgan fingerprint density at radius 1 is 1.00 bits per heavy atom. The number of amides is 2. The zero-order valence-corrected chi connectivity index (χ0v) is 18.0. The van der Waals surface area contributed by atoms with Crippen LogP contribution in [-0.4, -0.2) is 48.4 Å². The second-order valence-electron chi connectivity index (χ2n) is 8.46. The van der Waals surface area contributed by atoms with E-state index in [9.17, 15) is 27.6 Å². The molecule has 7 nitrogen and oxygen atoms in total. The summed E-state index contributed by atoms with van der Waals surface area (Å²) in [5.74, 6) is -6.11. The number of alkyl halides is 3. The number of halogens is 3. The second kappa shape index (κ2) is 9.36. The maximum absolute atomic E-state index is 12.8. The number of carboxylic acids is 1. The number of carboxylic acid groups (broad SMARTS) is 1. The van der Waals surface area contributed by atoms with Crippen LogP contribution in [0, 0.1) is 11.8 Å². The van der Waals surface area contributed by atoms with Crippen molar-refractivity contribution >= 4 is 18.0 Å². The third-order valence-corrected chi connectivity index (χ3v) is 6.17. The van der Waals surface area contributed by atoms with E-state index >= 15 is 0 Å². The quantitative estimate of drug-likeness (QED) is 0.539. The van der Waals surface area contributed by atoms with Crippen molar-refractivity contribution in [2.75, 3.05) is 13.2 Å². The van der Waals surface area contributed by atoms with E-state index in [4.69, 9.17) is 9.84 Å². The number of carbonyl (C=O) groups is 3. The number of rotatable bonds is 8. The van der Waals surface area contributed by atoms with E-state index in [1.165, 1.54) is 0 Å². The third-order valence-electron chi connectivity index (χ3n) is 6.17. The fourth-order valence-corrected chi connectivity index (χ4v) is 4.25. The summed E-state index contributed by atoms with van der Waals surface area (Å²) in [6, 6.07) is 14.5. The molecule has 2 aliphatic rings. The molecule has 0 heterocycles. The van der Waals surface area contributed by atoms with Crippen molar-refractivity contribution in [3.05, 3.63) is 59.7 Å². The van der Waals surface area contributed by atoms with Crippen molar-refractivity contribution in [3.63, 3.8) is 0 Å². The van der Waals surface area contributed by atoms with Crippen molar-refractivity contribution in [2.45, 2.75) is 31.0 Å². The lowest BCUT2D eigenvalue weighted by atomic mass is 9.98. The Kier molecular flexibility index (Phi) is 6.49. The van der Waals surface area contributed by atoms with Crippen LogP contribution in [0.15, 0.2) is 48.5 Å². The van der Waals surface area contributed by atoms with E-state index in [-0.39, 0.29) is 18.4 Å². The zero-order chi connectivity index (χ0) is 24.5. The predicted octanol–water partition coefficient (Wildman–Crippen LogP) is 3.68. The van der Waals surface area contributed by atoms with Crippen LogP contribution in [-0.2, 0) is 14.3 Å². The molecule has 0 aromatic heterocycles. The number of hydrogen-bond acceptors (Lipinski definition) is 4. The van der Waals surface area contributed by atoms with E-state index in [0.717, 1.165) is 22.3 Å². The van der Waals surface area contributed by atoms with Gasteiger partial charge in [-0.05, 0) is 41.0 Å². The first-order valence-electron chi connectivity index (χ1n) is 10.9. The van der Waals surface area contributed by atoms with Gasteiger partial charge in [0.2, 0.25) is 5.91 Å². The van der Waals surface area contributed by atoms with Crippen molar-refractivity contribution in [1.29, 1.82) is 0 Å². The minimum Gasteiger partial charge on any atom is -0.481 e. The molecular weight excluding hydrogens is 453 g/mol. The highest BCUT2D eigenvalue weighted by Gasteiger charge is 2.46. The summed E-state index contributed by atoms with van der Waals surface area (Å²) in [5, 5.41) is 13.2. The standard InChI is InChI=1S/C24H23F3N2O5/c25-24(26,27)19(22(31)32)11-28-21(30)20(13-9-10-13)29-23(33)34-12-18-16-7-3-1-5-14(16)15-6-2-4-8-17(15)18/h1-8,13,18-20H,9-12H2,(H,28,30)(H,29,33)(H,31,32). The summed E-state index contributed by atoms with van der Waals surface area (Å²) in [5.41, 5.74) is 4.14. The fourth-order valence-electron chi connectivity index (χ4n) is 4.25. The molecular formula is C24H23F3N2O5. The maximum atomic E-state index is 12.8. The maximum Gasteiger partial charge on any atom is 0.407 e. The van der Waals surface area contributed by atoms with Crippen LogP contribution >= 0.6 is 0 Å². The molecule has 2 aromatic carbocycles. The molecule has 0 aliphatic heterocycles. The molecule has 2 atom stereocenters. The smallest absolute Gasteiger partial charge is 0.407 e. The Labute approximate surface area is 193 Å². The lowest BCUT2D eigenvalue weighted by molar-refractivity contribution is -0.192. The number of alkyl carbamates (subject to hydrolysis) is 1. The summed E-state index contributed by atoms with van der Waals surface area (Å²) in [4.78, 5) is 35.8. The molecule has 34 heavy (non-hydrogen) atoms. The van der Waals surface area contributed by atoms with Gasteiger partial charge in [-0.1, -0.05) is 48.5 Å². The van der Waals surface area contributed by atoms with Crippen LogP contribution in [0.25, 0.3) is 11.1 Å². The number of fused-ring (bicyclic) bond motifs is 3. The van der Waals surface area contributed by atoms with Gasteiger partial charge in [0.05, 0.1) is 0 Å². The second-order valence-corrected chi connectivity index (χ2v) is 8.46. The van der Waals surface area contributed by atoms with Gasteiger partial charge in [0.15, 0.2) is 5.92 Å². The van der Waals surface area contributed by atoms with E-state index < -0.39 is 42.7 Å². The van der Waals surface area contributed by atoms with Gasteiger partial charge in [0.25, 0.3) is 0 Å². The van der Waals surface area contributed by atoms with Gasteiger partial charge >= 0.3 is 18.2 Å². The highest BCUT2D eigenvalue weighted by molar-refractivity contribution is 5.87. The summed E-state index contributed by atoms with van der Waals surface area (Å²) in [6.07, 6.45) is -4.64. The van der Waals surface area contributed by atoms with Crippen molar-refractivity contribution in [2.24, 2.45) is 11.8 Å². The van der Waals surface area contributed by atoms with Gasteiger partial charge in [0, 0.05) is 12.5 Å². The van der Waals surface area contributed by atoms with Crippen molar-refractivity contribution in [3.8, 4) is 11.1 Å². The zero-order valence-electron chi connectivity index (χ0n) is 18.0. The monoisotopic (exact) mass is 476 g/mol. The van der Waals surface area contributed by atoms with Crippen LogP contribution in [0.4, 0.5) is 18.0 Å². The highest BCUT2D eigenvalue weighted by Crippen LogP contribution is 2.44.